The molecule has 1 fully saturated rings. The summed E-state index contributed by atoms with van der Waals surface area (Å²) < 4.78 is 5.45. The van der Waals surface area contributed by atoms with E-state index in [0.29, 0.717) is 13.1 Å². The van der Waals surface area contributed by atoms with Gasteiger partial charge >= 0.3 is 0 Å². The zero-order valence-electron chi connectivity index (χ0n) is 16.0. The van der Waals surface area contributed by atoms with E-state index in [4.69, 9.17) is 9.73 Å². The van der Waals surface area contributed by atoms with E-state index in [0.717, 1.165) is 51.0 Å². The Hall–Kier alpha value is -2.44. The molecule has 2 heterocycles. The highest BCUT2D eigenvalue weighted by atomic mass is 16.5. The fraction of sp³-hybridized carbons (Fsp3) is 0.429. The standard InChI is InChI=1S/C21H29N5O/c1-2-22-21(25-16-20-9-5-6-10-23-20)24-15-18-7-3-4-8-19(18)17-26-11-13-27-14-12-26/h3-10H,2,11-17H2,1H3,(H2,22,24,25). The molecule has 1 aromatic heterocycles. The minimum absolute atomic E-state index is 0.651. The Morgan fingerprint density at radius 2 is 1.85 bits per heavy atom. The van der Waals surface area contributed by atoms with Crippen molar-refractivity contribution in [3.8, 4) is 0 Å². The Kier molecular flexibility index (Phi) is 7.62. The van der Waals surface area contributed by atoms with Gasteiger partial charge in [0.05, 0.1) is 32.0 Å². The number of pyridine rings is 1. The molecule has 27 heavy (non-hydrogen) atoms. The molecule has 0 unspecified atom stereocenters. The number of ether oxygens (including phenoxy) is 1. The number of hydrogen-bond donors (Lipinski definition) is 2. The van der Waals surface area contributed by atoms with Gasteiger partial charge in [-0.05, 0) is 30.2 Å². The number of guanidine groups is 1. The number of hydrogen-bond acceptors (Lipinski definition) is 4. The van der Waals surface area contributed by atoms with E-state index in [1.54, 1.807) is 0 Å². The van der Waals surface area contributed by atoms with Crippen LogP contribution in [0.2, 0.25) is 0 Å². The molecule has 0 atom stereocenters. The normalized spacial score (nSPS) is 15.5. The lowest BCUT2D eigenvalue weighted by molar-refractivity contribution is 0.0341. The van der Waals surface area contributed by atoms with Gasteiger partial charge in [0.15, 0.2) is 5.96 Å². The fourth-order valence-electron chi connectivity index (χ4n) is 3.05. The second-order valence-electron chi connectivity index (χ2n) is 6.53. The summed E-state index contributed by atoms with van der Waals surface area (Å²) in [6.45, 7) is 8.78. The van der Waals surface area contributed by atoms with Gasteiger partial charge in [-0.3, -0.25) is 9.88 Å². The molecule has 2 aromatic rings. The van der Waals surface area contributed by atoms with Crippen molar-refractivity contribution in [1.82, 2.24) is 20.5 Å². The van der Waals surface area contributed by atoms with Crippen molar-refractivity contribution in [2.24, 2.45) is 4.99 Å². The van der Waals surface area contributed by atoms with Gasteiger partial charge in [0.25, 0.3) is 0 Å². The second kappa shape index (κ2) is 10.6. The topological polar surface area (TPSA) is 61.8 Å². The third-order valence-corrected chi connectivity index (χ3v) is 4.53. The summed E-state index contributed by atoms with van der Waals surface area (Å²) >= 11 is 0. The Labute approximate surface area is 161 Å². The summed E-state index contributed by atoms with van der Waals surface area (Å²) in [6.07, 6.45) is 1.81. The molecule has 0 bridgehead atoms. The summed E-state index contributed by atoms with van der Waals surface area (Å²) in [5, 5.41) is 6.67. The molecule has 0 aliphatic carbocycles. The van der Waals surface area contributed by atoms with Gasteiger partial charge in [0.1, 0.15) is 0 Å². The van der Waals surface area contributed by atoms with Crippen LogP contribution in [0.5, 0.6) is 0 Å². The van der Waals surface area contributed by atoms with E-state index < -0.39 is 0 Å². The molecule has 6 nitrogen and oxygen atoms in total. The molecule has 144 valence electrons. The van der Waals surface area contributed by atoms with Crippen LogP contribution >= 0.6 is 0 Å². The van der Waals surface area contributed by atoms with Crippen molar-refractivity contribution in [2.75, 3.05) is 32.8 Å². The van der Waals surface area contributed by atoms with E-state index in [9.17, 15) is 0 Å². The van der Waals surface area contributed by atoms with Gasteiger partial charge in [0.2, 0.25) is 0 Å². The van der Waals surface area contributed by atoms with Gasteiger partial charge in [-0.1, -0.05) is 30.3 Å². The zero-order valence-corrected chi connectivity index (χ0v) is 16.0. The minimum atomic E-state index is 0.651. The molecule has 0 saturated carbocycles. The van der Waals surface area contributed by atoms with Crippen LogP contribution in [0.1, 0.15) is 23.7 Å². The van der Waals surface area contributed by atoms with Crippen LogP contribution in [0.3, 0.4) is 0 Å². The van der Waals surface area contributed by atoms with Gasteiger partial charge in [0, 0.05) is 32.4 Å². The molecule has 1 saturated heterocycles. The molecule has 2 N–H and O–H groups in total. The highest BCUT2D eigenvalue weighted by molar-refractivity contribution is 5.79. The molecule has 1 aromatic carbocycles. The zero-order chi connectivity index (χ0) is 18.7. The maximum Gasteiger partial charge on any atom is 0.191 e. The maximum atomic E-state index is 5.45. The number of benzene rings is 1. The predicted molar refractivity (Wildman–Crippen MR) is 108 cm³/mol. The van der Waals surface area contributed by atoms with Crippen LogP contribution in [0.4, 0.5) is 0 Å². The highest BCUT2D eigenvalue weighted by Gasteiger charge is 2.12. The lowest BCUT2D eigenvalue weighted by Crippen LogP contribution is -2.37. The molecule has 0 radical (unpaired) electrons. The summed E-state index contributed by atoms with van der Waals surface area (Å²) in [5.74, 6) is 0.810. The van der Waals surface area contributed by atoms with E-state index in [2.05, 4.69) is 51.7 Å². The van der Waals surface area contributed by atoms with Crippen LogP contribution in [0.25, 0.3) is 0 Å². The minimum Gasteiger partial charge on any atom is -0.379 e. The lowest BCUT2D eigenvalue weighted by Gasteiger charge is -2.27. The summed E-state index contributed by atoms with van der Waals surface area (Å²) in [7, 11) is 0. The molecular formula is C21H29N5O. The number of rotatable bonds is 7. The smallest absolute Gasteiger partial charge is 0.191 e. The van der Waals surface area contributed by atoms with E-state index in [-0.39, 0.29) is 0 Å². The van der Waals surface area contributed by atoms with Crippen molar-refractivity contribution in [3.05, 3.63) is 65.5 Å². The summed E-state index contributed by atoms with van der Waals surface area (Å²) in [6, 6.07) is 14.5. The van der Waals surface area contributed by atoms with Crippen LogP contribution in [-0.2, 0) is 24.4 Å². The Morgan fingerprint density at radius 3 is 2.59 bits per heavy atom. The van der Waals surface area contributed by atoms with Crippen molar-refractivity contribution in [1.29, 1.82) is 0 Å². The van der Waals surface area contributed by atoms with Crippen LogP contribution < -0.4 is 10.6 Å². The number of morpholine rings is 1. The monoisotopic (exact) mass is 367 g/mol. The number of nitrogens with one attached hydrogen (secondary N) is 2. The average molecular weight is 367 g/mol. The van der Waals surface area contributed by atoms with Crippen molar-refractivity contribution in [3.63, 3.8) is 0 Å². The van der Waals surface area contributed by atoms with Gasteiger partial charge < -0.3 is 15.4 Å². The number of aromatic nitrogens is 1. The molecule has 6 heteroatoms. The first-order valence-electron chi connectivity index (χ1n) is 9.64. The van der Waals surface area contributed by atoms with Crippen LogP contribution in [-0.4, -0.2) is 48.7 Å². The molecule has 1 aliphatic heterocycles. The van der Waals surface area contributed by atoms with E-state index in [1.807, 2.05) is 24.4 Å². The van der Waals surface area contributed by atoms with Crippen molar-refractivity contribution < 1.29 is 4.74 Å². The van der Waals surface area contributed by atoms with Gasteiger partial charge in [-0.15, -0.1) is 0 Å². The largest absolute Gasteiger partial charge is 0.379 e. The van der Waals surface area contributed by atoms with Gasteiger partial charge in [-0.2, -0.15) is 0 Å². The summed E-state index contributed by atoms with van der Waals surface area (Å²) in [5.41, 5.74) is 3.60. The molecule has 0 spiro atoms. The first-order valence-corrected chi connectivity index (χ1v) is 9.64. The number of aliphatic imine (C=N–C) groups is 1. The molecular weight excluding hydrogens is 338 g/mol. The molecule has 3 rings (SSSR count). The van der Waals surface area contributed by atoms with Crippen molar-refractivity contribution in [2.45, 2.75) is 26.6 Å². The van der Waals surface area contributed by atoms with Crippen molar-refractivity contribution >= 4 is 5.96 Å². The SMILES string of the molecule is CCNC(=NCc1ccccc1CN1CCOCC1)NCc1ccccn1. The van der Waals surface area contributed by atoms with E-state index in [1.165, 1.54) is 11.1 Å². The van der Waals surface area contributed by atoms with Gasteiger partial charge in [-0.25, -0.2) is 4.99 Å². The van der Waals surface area contributed by atoms with Crippen LogP contribution in [0, 0.1) is 0 Å². The second-order valence-corrected chi connectivity index (χ2v) is 6.53. The fourth-order valence-corrected chi connectivity index (χ4v) is 3.05. The molecule has 1 aliphatic rings. The predicted octanol–water partition coefficient (Wildman–Crippen LogP) is 2.17. The third-order valence-electron chi connectivity index (χ3n) is 4.53. The first kappa shape index (κ1) is 19.3. The van der Waals surface area contributed by atoms with Crippen LogP contribution in [0.15, 0.2) is 53.7 Å². The quantitative estimate of drug-likeness (QED) is 0.580. The van der Waals surface area contributed by atoms with E-state index >= 15 is 0 Å². The first-order chi connectivity index (χ1) is 13.3. The maximum absolute atomic E-state index is 5.45. The Balaban J connectivity index is 1.62. The third kappa shape index (κ3) is 6.34. The average Bonchev–Trinajstić information content (AvgIpc) is 2.72. The highest BCUT2D eigenvalue weighted by Crippen LogP contribution is 2.14. The Morgan fingerprint density at radius 1 is 1.07 bits per heavy atom. The summed E-state index contributed by atoms with van der Waals surface area (Å²) in [4.78, 5) is 11.6. The Bertz CT molecular complexity index is 714. The lowest BCUT2D eigenvalue weighted by atomic mass is 10.1. The number of nitrogens with zero attached hydrogens (tertiary/aromatic N) is 3. The molecule has 0 amide bonds.